The molecule has 2 nitrogen and oxygen atoms in total. The number of phenolic OH excluding ortho intramolecular Hbond substituents is 1. The first-order chi connectivity index (χ1) is 7.63. The van der Waals surface area contributed by atoms with E-state index in [1.807, 2.05) is 24.3 Å². The van der Waals surface area contributed by atoms with E-state index in [2.05, 4.69) is 13.8 Å². The predicted octanol–water partition coefficient (Wildman–Crippen LogP) is 3.68. The van der Waals surface area contributed by atoms with E-state index in [1.165, 1.54) is 0 Å². The molecule has 84 valence electrons. The molecule has 0 spiro atoms. The highest BCUT2D eigenvalue weighted by Crippen LogP contribution is 2.35. The van der Waals surface area contributed by atoms with Crippen LogP contribution in [-0.2, 0) is 0 Å². The minimum absolute atomic E-state index is 0.310. The lowest BCUT2D eigenvalue weighted by molar-refractivity contribution is 0.419. The lowest BCUT2D eigenvalue weighted by Crippen LogP contribution is -1.93. The number of ether oxygens (including phenoxy) is 1. The van der Waals surface area contributed by atoms with Crippen LogP contribution in [0.4, 0.5) is 0 Å². The van der Waals surface area contributed by atoms with Gasteiger partial charge in [-0.15, -0.1) is 0 Å². The first-order valence-corrected chi connectivity index (χ1v) is 5.43. The van der Waals surface area contributed by atoms with Crippen LogP contribution >= 0.6 is 0 Å². The Morgan fingerprint density at radius 1 is 1.19 bits per heavy atom. The third kappa shape index (κ3) is 1.71. The number of hydrogen-bond acceptors (Lipinski definition) is 2. The van der Waals surface area contributed by atoms with Gasteiger partial charge in [0.25, 0.3) is 0 Å². The monoisotopic (exact) mass is 216 g/mol. The van der Waals surface area contributed by atoms with Crippen LogP contribution in [-0.4, -0.2) is 12.2 Å². The number of aromatic hydroxyl groups is 1. The summed E-state index contributed by atoms with van der Waals surface area (Å²) >= 11 is 0. The fourth-order valence-corrected chi connectivity index (χ4v) is 2.04. The van der Waals surface area contributed by atoms with Gasteiger partial charge in [-0.25, -0.2) is 0 Å². The summed E-state index contributed by atoms with van der Waals surface area (Å²) < 4.78 is 5.38. The zero-order chi connectivity index (χ0) is 11.7. The molecule has 0 amide bonds. The quantitative estimate of drug-likeness (QED) is 0.829. The second-order valence-electron chi connectivity index (χ2n) is 4.25. The maximum absolute atomic E-state index is 9.68. The number of hydrogen-bond donors (Lipinski definition) is 1. The molecule has 0 saturated carbocycles. The molecule has 16 heavy (non-hydrogen) atoms. The van der Waals surface area contributed by atoms with E-state index >= 15 is 0 Å². The van der Waals surface area contributed by atoms with Crippen molar-refractivity contribution in [3.05, 3.63) is 35.9 Å². The molecule has 0 atom stereocenters. The average molecular weight is 216 g/mol. The molecule has 2 aromatic rings. The Labute approximate surface area is 95.5 Å². The summed E-state index contributed by atoms with van der Waals surface area (Å²) in [5, 5.41) is 11.8. The largest absolute Gasteiger partial charge is 0.508 e. The fourth-order valence-electron chi connectivity index (χ4n) is 2.04. The summed E-state index contributed by atoms with van der Waals surface area (Å²) in [4.78, 5) is 0. The van der Waals surface area contributed by atoms with Gasteiger partial charge in [-0.1, -0.05) is 26.0 Å². The van der Waals surface area contributed by atoms with Crippen molar-refractivity contribution in [2.24, 2.45) is 0 Å². The smallest absolute Gasteiger partial charge is 0.126 e. The van der Waals surface area contributed by atoms with Crippen LogP contribution < -0.4 is 4.74 Å². The second kappa shape index (κ2) is 4.05. The molecule has 2 heteroatoms. The van der Waals surface area contributed by atoms with Crippen molar-refractivity contribution in [1.82, 2.24) is 0 Å². The molecule has 1 N–H and O–H groups in total. The van der Waals surface area contributed by atoms with Crippen LogP contribution in [0.25, 0.3) is 10.8 Å². The van der Waals surface area contributed by atoms with Gasteiger partial charge in [0.15, 0.2) is 0 Å². The first kappa shape index (κ1) is 10.8. The Bertz CT molecular complexity index is 515. The van der Waals surface area contributed by atoms with Gasteiger partial charge in [-0.3, -0.25) is 0 Å². The molecule has 0 aromatic heterocycles. The summed E-state index contributed by atoms with van der Waals surface area (Å²) in [7, 11) is 1.67. The molecule has 0 aliphatic rings. The molecule has 2 rings (SSSR count). The minimum Gasteiger partial charge on any atom is -0.508 e. The van der Waals surface area contributed by atoms with Crippen molar-refractivity contribution in [1.29, 1.82) is 0 Å². The van der Waals surface area contributed by atoms with Crippen LogP contribution in [0.1, 0.15) is 25.3 Å². The van der Waals surface area contributed by atoms with Crippen molar-refractivity contribution in [2.45, 2.75) is 19.8 Å². The third-order valence-electron chi connectivity index (χ3n) is 2.80. The molecule has 0 radical (unpaired) electrons. The molecule has 0 bridgehead atoms. The molecular weight excluding hydrogens is 200 g/mol. The standard InChI is InChI=1S/C14H16O2/c1-9(2)12-8-11(15)7-10-5-4-6-13(16-3)14(10)12/h4-9,15H,1-3H3. The maximum atomic E-state index is 9.68. The van der Waals surface area contributed by atoms with E-state index in [9.17, 15) is 5.11 Å². The molecule has 0 fully saturated rings. The highest BCUT2D eigenvalue weighted by atomic mass is 16.5. The van der Waals surface area contributed by atoms with E-state index in [-0.39, 0.29) is 0 Å². The van der Waals surface area contributed by atoms with Crippen molar-refractivity contribution < 1.29 is 9.84 Å². The Morgan fingerprint density at radius 2 is 1.94 bits per heavy atom. The Kier molecular flexibility index (Phi) is 2.73. The fraction of sp³-hybridized carbons (Fsp3) is 0.286. The van der Waals surface area contributed by atoms with Gasteiger partial charge in [0, 0.05) is 5.39 Å². The average Bonchev–Trinajstić information content (AvgIpc) is 2.26. The normalized spacial score (nSPS) is 11.0. The maximum Gasteiger partial charge on any atom is 0.126 e. The molecule has 2 aromatic carbocycles. The lowest BCUT2D eigenvalue weighted by atomic mass is 9.95. The summed E-state index contributed by atoms with van der Waals surface area (Å²) in [6.07, 6.45) is 0. The van der Waals surface area contributed by atoms with Crippen molar-refractivity contribution >= 4 is 10.8 Å². The summed E-state index contributed by atoms with van der Waals surface area (Å²) in [5.74, 6) is 1.52. The van der Waals surface area contributed by atoms with Gasteiger partial charge in [0.1, 0.15) is 11.5 Å². The summed E-state index contributed by atoms with van der Waals surface area (Å²) in [5.41, 5.74) is 1.12. The number of rotatable bonds is 2. The van der Waals surface area contributed by atoms with Gasteiger partial charge < -0.3 is 9.84 Å². The van der Waals surface area contributed by atoms with Crippen LogP contribution in [0.15, 0.2) is 30.3 Å². The van der Waals surface area contributed by atoms with Crippen molar-refractivity contribution in [3.63, 3.8) is 0 Å². The molecule has 0 aliphatic carbocycles. The van der Waals surface area contributed by atoms with E-state index in [0.717, 1.165) is 22.1 Å². The van der Waals surface area contributed by atoms with Gasteiger partial charge >= 0.3 is 0 Å². The Morgan fingerprint density at radius 3 is 2.56 bits per heavy atom. The van der Waals surface area contributed by atoms with E-state index in [0.29, 0.717) is 11.7 Å². The van der Waals surface area contributed by atoms with E-state index in [1.54, 1.807) is 13.2 Å². The topological polar surface area (TPSA) is 29.5 Å². The Hall–Kier alpha value is -1.70. The van der Waals surface area contributed by atoms with Crippen LogP contribution in [0.2, 0.25) is 0 Å². The number of fused-ring (bicyclic) bond motifs is 1. The van der Waals surface area contributed by atoms with Crippen LogP contribution in [0.3, 0.4) is 0 Å². The predicted molar refractivity (Wildman–Crippen MR) is 66.3 cm³/mol. The van der Waals surface area contributed by atoms with Gasteiger partial charge in [-0.05, 0) is 35.1 Å². The minimum atomic E-state index is 0.310. The van der Waals surface area contributed by atoms with E-state index < -0.39 is 0 Å². The molecular formula is C14H16O2. The molecule has 0 saturated heterocycles. The molecule has 0 heterocycles. The number of benzene rings is 2. The Balaban J connectivity index is 2.85. The molecule has 0 unspecified atom stereocenters. The summed E-state index contributed by atoms with van der Waals surface area (Å²) in [6, 6.07) is 9.46. The highest BCUT2D eigenvalue weighted by molar-refractivity contribution is 5.92. The van der Waals surface area contributed by atoms with Crippen molar-refractivity contribution in [2.75, 3.05) is 7.11 Å². The van der Waals surface area contributed by atoms with Gasteiger partial charge in [0.05, 0.1) is 7.11 Å². The molecule has 0 aliphatic heterocycles. The zero-order valence-corrected chi connectivity index (χ0v) is 9.82. The number of phenols is 1. The third-order valence-corrected chi connectivity index (χ3v) is 2.80. The second-order valence-corrected chi connectivity index (χ2v) is 4.25. The van der Waals surface area contributed by atoms with Crippen LogP contribution in [0.5, 0.6) is 11.5 Å². The summed E-state index contributed by atoms with van der Waals surface area (Å²) in [6.45, 7) is 4.22. The van der Waals surface area contributed by atoms with Crippen molar-refractivity contribution in [3.8, 4) is 11.5 Å². The first-order valence-electron chi connectivity index (χ1n) is 5.43. The SMILES string of the molecule is COc1cccc2cc(O)cc(C(C)C)c12. The highest BCUT2D eigenvalue weighted by Gasteiger charge is 2.11. The van der Waals surface area contributed by atoms with Crippen LogP contribution in [0, 0.1) is 0 Å². The zero-order valence-electron chi connectivity index (χ0n) is 9.82. The van der Waals surface area contributed by atoms with Gasteiger partial charge in [0.2, 0.25) is 0 Å². The lowest BCUT2D eigenvalue weighted by Gasteiger charge is -2.14. The van der Waals surface area contributed by atoms with E-state index in [4.69, 9.17) is 4.74 Å². The van der Waals surface area contributed by atoms with Gasteiger partial charge in [-0.2, -0.15) is 0 Å². The number of methoxy groups -OCH3 is 1.